The second kappa shape index (κ2) is 8.13. The van der Waals surface area contributed by atoms with Gasteiger partial charge >= 0.3 is 0 Å². The van der Waals surface area contributed by atoms with Crippen molar-refractivity contribution in [3.63, 3.8) is 0 Å². The zero-order valence-corrected chi connectivity index (χ0v) is 18.9. The maximum atomic E-state index is 11.8. The van der Waals surface area contributed by atoms with Gasteiger partial charge in [0.2, 0.25) is 5.88 Å². The molecule has 3 aromatic rings. The van der Waals surface area contributed by atoms with Crippen LogP contribution in [-0.2, 0) is 24.5 Å². The first kappa shape index (κ1) is 20.8. The van der Waals surface area contributed by atoms with E-state index in [0.717, 1.165) is 54.9 Å². The summed E-state index contributed by atoms with van der Waals surface area (Å²) >= 11 is 0. The standard InChI is InChI=1S/C25H29N3O4/c1-4-28-21(12-29)23-22(25(28)30)15(2)16(3)24(26-23)27-9-7-19(8-10-27)32-20-6-5-17-13-31-14-18(17)11-20/h5-6,11-12,19,30H,4,7-10,13-14H2,1-3H3. The van der Waals surface area contributed by atoms with E-state index in [4.69, 9.17) is 14.5 Å². The van der Waals surface area contributed by atoms with Gasteiger partial charge in [0.1, 0.15) is 28.9 Å². The minimum atomic E-state index is 0.121. The Morgan fingerprint density at radius 3 is 2.66 bits per heavy atom. The van der Waals surface area contributed by atoms with E-state index in [-0.39, 0.29) is 12.0 Å². The van der Waals surface area contributed by atoms with Crippen LogP contribution in [-0.4, -0.2) is 40.1 Å². The molecular weight excluding hydrogens is 406 g/mol. The van der Waals surface area contributed by atoms with Gasteiger partial charge < -0.3 is 24.0 Å². The van der Waals surface area contributed by atoms with Crippen LogP contribution in [0.15, 0.2) is 18.2 Å². The number of nitrogens with zero attached hydrogens (tertiary/aromatic N) is 3. The van der Waals surface area contributed by atoms with Crippen LogP contribution in [0.3, 0.4) is 0 Å². The molecule has 0 saturated carbocycles. The van der Waals surface area contributed by atoms with Gasteiger partial charge in [0.05, 0.1) is 18.6 Å². The highest BCUT2D eigenvalue weighted by molar-refractivity contribution is 6.01. The summed E-state index contributed by atoms with van der Waals surface area (Å²) in [6, 6.07) is 6.23. The van der Waals surface area contributed by atoms with Crippen molar-refractivity contribution in [1.82, 2.24) is 9.55 Å². The topological polar surface area (TPSA) is 76.8 Å². The highest BCUT2D eigenvalue weighted by atomic mass is 16.5. The van der Waals surface area contributed by atoms with E-state index in [0.29, 0.717) is 36.4 Å². The van der Waals surface area contributed by atoms with E-state index < -0.39 is 0 Å². The number of anilines is 1. The second-order valence-electron chi connectivity index (χ2n) is 8.71. The number of ether oxygens (including phenoxy) is 2. The van der Waals surface area contributed by atoms with Gasteiger partial charge in [0.25, 0.3) is 0 Å². The smallest absolute Gasteiger partial charge is 0.201 e. The van der Waals surface area contributed by atoms with Crippen molar-refractivity contribution in [3.8, 4) is 11.6 Å². The van der Waals surface area contributed by atoms with E-state index in [9.17, 15) is 9.90 Å². The molecule has 0 amide bonds. The van der Waals surface area contributed by atoms with Crippen molar-refractivity contribution in [2.24, 2.45) is 0 Å². The lowest BCUT2D eigenvalue weighted by Crippen LogP contribution is -2.39. The molecule has 0 atom stereocenters. The molecule has 4 heterocycles. The molecule has 5 rings (SSSR count). The van der Waals surface area contributed by atoms with Crippen LogP contribution in [0, 0.1) is 13.8 Å². The highest BCUT2D eigenvalue weighted by Crippen LogP contribution is 2.37. The lowest BCUT2D eigenvalue weighted by atomic mass is 10.0. The van der Waals surface area contributed by atoms with E-state index >= 15 is 0 Å². The van der Waals surface area contributed by atoms with Gasteiger partial charge in [-0.2, -0.15) is 0 Å². The third-order valence-electron chi connectivity index (χ3n) is 6.91. The van der Waals surface area contributed by atoms with Crippen LogP contribution >= 0.6 is 0 Å². The molecular formula is C25H29N3O4. The average molecular weight is 436 g/mol. The number of benzene rings is 1. The zero-order valence-electron chi connectivity index (χ0n) is 18.9. The van der Waals surface area contributed by atoms with E-state index in [1.54, 1.807) is 4.57 Å². The van der Waals surface area contributed by atoms with E-state index in [1.807, 2.05) is 26.8 Å². The van der Waals surface area contributed by atoms with Crippen molar-refractivity contribution in [1.29, 1.82) is 0 Å². The fourth-order valence-corrected chi connectivity index (χ4v) is 4.96. The Kier molecular flexibility index (Phi) is 5.29. The number of aryl methyl sites for hydroxylation is 1. The fourth-order valence-electron chi connectivity index (χ4n) is 4.96. The van der Waals surface area contributed by atoms with Crippen LogP contribution in [0.4, 0.5) is 5.82 Å². The number of aldehydes is 1. The summed E-state index contributed by atoms with van der Waals surface area (Å²) < 4.78 is 13.4. The Bertz CT molecular complexity index is 1190. The van der Waals surface area contributed by atoms with Crippen LogP contribution in [0.1, 0.15) is 52.5 Å². The Hall–Kier alpha value is -3.06. The van der Waals surface area contributed by atoms with Gasteiger partial charge in [-0.15, -0.1) is 0 Å². The predicted molar refractivity (Wildman–Crippen MR) is 123 cm³/mol. The van der Waals surface area contributed by atoms with Gasteiger partial charge in [-0.25, -0.2) is 4.98 Å². The summed E-state index contributed by atoms with van der Waals surface area (Å²) in [7, 11) is 0. The summed E-state index contributed by atoms with van der Waals surface area (Å²) in [5, 5.41) is 11.3. The molecule has 7 heteroatoms. The quantitative estimate of drug-likeness (QED) is 0.603. The van der Waals surface area contributed by atoms with Crippen LogP contribution in [0.5, 0.6) is 11.6 Å². The van der Waals surface area contributed by atoms with Crippen molar-refractivity contribution in [2.75, 3.05) is 18.0 Å². The number of hydrogen-bond acceptors (Lipinski definition) is 6. The number of aromatic hydroxyl groups is 1. The third kappa shape index (κ3) is 3.32. The third-order valence-corrected chi connectivity index (χ3v) is 6.91. The number of hydrogen-bond donors (Lipinski definition) is 1. The molecule has 2 aliphatic rings. The van der Waals surface area contributed by atoms with Crippen molar-refractivity contribution < 1.29 is 19.4 Å². The fraction of sp³-hybridized carbons (Fsp3) is 0.440. The zero-order chi connectivity index (χ0) is 22.4. The normalized spacial score (nSPS) is 16.5. The lowest BCUT2D eigenvalue weighted by molar-refractivity contribution is 0.111. The molecule has 0 radical (unpaired) electrons. The summed E-state index contributed by atoms with van der Waals surface area (Å²) in [6.45, 7) is 9.46. The van der Waals surface area contributed by atoms with Gasteiger partial charge in [0.15, 0.2) is 6.29 Å². The number of fused-ring (bicyclic) bond motifs is 2. The first-order chi connectivity index (χ1) is 15.5. The number of carbonyl (C=O) groups is 1. The molecule has 2 aromatic heterocycles. The summed E-state index contributed by atoms with van der Waals surface area (Å²) in [4.78, 5) is 18.9. The van der Waals surface area contributed by atoms with Crippen LogP contribution in [0.2, 0.25) is 0 Å². The second-order valence-corrected chi connectivity index (χ2v) is 8.71. The molecule has 1 fully saturated rings. The SMILES string of the molecule is CCn1c(C=O)c2nc(N3CCC(Oc4ccc5c(c4)COC5)CC3)c(C)c(C)c2c1O. The number of rotatable bonds is 5. The molecule has 32 heavy (non-hydrogen) atoms. The minimum Gasteiger partial charge on any atom is -0.494 e. The highest BCUT2D eigenvalue weighted by Gasteiger charge is 2.27. The average Bonchev–Trinajstić information content (AvgIpc) is 3.38. The molecule has 1 N–H and O–H groups in total. The van der Waals surface area contributed by atoms with Crippen LogP contribution < -0.4 is 9.64 Å². The number of aromatic nitrogens is 2. The Labute approximate surface area is 187 Å². The molecule has 1 saturated heterocycles. The monoisotopic (exact) mass is 435 g/mol. The Balaban J connectivity index is 1.36. The maximum absolute atomic E-state index is 11.8. The lowest BCUT2D eigenvalue weighted by Gasteiger charge is -2.34. The molecule has 0 spiro atoms. The summed E-state index contributed by atoms with van der Waals surface area (Å²) in [6.07, 6.45) is 2.74. The predicted octanol–water partition coefficient (Wildman–Crippen LogP) is 4.27. The van der Waals surface area contributed by atoms with Gasteiger partial charge in [0, 0.05) is 32.5 Å². The first-order valence-corrected chi connectivity index (χ1v) is 11.3. The Morgan fingerprint density at radius 2 is 1.94 bits per heavy atom. The van der Waals surface area contributed by atoms with Gasteiger partial charge in [-0.1, -0.05) is 6.07 Å². The Morgan fingerprint density at radius 1 is 1.19 bits per heavy atom. The molecule has 2 aliphatic heterocycles. The molecule has 0 bridgehead atoms. The molecule has 7 nitrogen and oxygen atoms in total. The van der Waals surface area contributed by atoms with Gasteiger partial charge in [-0.05, 0) is 55.2 Å². The number of piperidine rings is 1. The van der Waals surface area contributed by atoms with E-state index in [1.165, 1.54) is 11.1 Å². The molecule has 0 unspecified atom stereocenters. The largest absolute Gasteiger partial charge is 0.494 e. The van der Waals surface area contributed by atoms with Crippen molar-refractivity contribution in [3.05, 3.63) is 46.1 Å². The van der Waals surface area contributed by atoms with Crippen LogP contribution in [0.25, 0.3) is 10.9 Å². The summed E-state index contributed by atoms with van der Waals surface area (Å²) in [5.74, 6) is 1.92. The first-order valence-electron chi connectivity index (χ1n) is 11.3. The van der Waals surface area contributed by atoms with Crippen molar-refractivity contribution >= 4 is 23.0 Å². The molecule has 168 valence electrons. The molecule has 0 aliphatic carbocycles. The number of pyridine rings is 1. The number of carbonyl (C=O) groups excluding carboxylic acids is 1. The van der Waals surface area contributed by atoms with E-state index in [2.05, 4.69) is 17.0 Å². The van der Waals surface area contributed by atoms with Crippen molar-refractivity contribution in [2.45, 2.75) is 59.5 Å². The van der Waals surface area contributed by atoms with Gasteiger partial charge in [-0.3, -0.25) is 4.79 Å². The maximum Gasteiger partial charge on any atom is 0.201 e. The molecule has 1 aromatic carbocycles. The summed E-state index contributed by atoms with van der Waals surface area (Å²) in [5.41, 5.74) is 5.49. The minimum absolute atomic E-state index is 0.121.